The van der Waals surface area contributed by atoms with Gasteiger partial charge in [-0.3, -0.25) is 4.79 Å². The van der Waals surface area contributed by atoms with Crippen molar-refractivity contribution in [2.45, 2.75) is 26.8 Å². The number of carbonyl (C=O) groups excluding carboxylic acids is 1. The average Bonchev–Trinajstić information content (AvgIpc) is 2.89. The van der Waals surface area contributed by atoms with Gasteiger partial charge in [0.25, 0.3) is 0 Å². The third-order valence-corrected chi connectivity index (χ3v) is 4.77. The predicted octanol–water partition coefficient (Wildman–Crippen LogP) is 2.50. The molecule has 1 aromatic carbocycles. The number of likely N-dealkylation sites (N-methyl/N-ethyl adjacent to an activating group) is 1. The first-order valence-electron chi connectivity index (χ1n) is 7.28. The van der Waals surface area contributed by atoms with E-state index in [9.17, 15) is 4.79 Å². The SMILES string of the molecule is COCC(C)NC(=O)CN(C)c1nc2c(C)ccc(C)c2s1. The number of fused-ring (bicyclic) bond motifs is 1. The molecular weight excluding hydrogens is 298 g/mol. The van der Waals surface area contributed by atoms with Crippen molar-refractivity contribution in [1.29, 1.82) is 0 Å². The van der Waals surface area contributed by atoms with Gasteiger partial charge in [-0.25, -0.2) is 4.98 Å². The van der Waals surface area contributed by atoms with Crippen molar-refractivity contribution in [1.82, 2.24) is 10.3 Å². The van der Waals surface area contributed by atoms with E-state index < -0.39 is 0 Å². The smallest absolute Gasteiger partial charge is 0.239 e. The summed E-state index contributed by atoms with van der Waals surface area (Å²) in [6.45, 7) is 6.86. The molecule has 2 rings (SSSR count). The zero-order valence-corrected chi connectivity index (χ0v) is 14.6. The lowest BCUT2D eigenvalue weighted by Gasteiger charge is -2.18. The Hall–Kier alpha value is -1.66. The summed E-state index contributed by atoms with van der Waals surface area (Å²) in [4.78, 5) is 18.6. The van der Waals surface area contributed by atoms with Gasteiger partial charge in [-0.1, -0.05) is 23.5 Å². The maximum Gasteiger partial charge on any atom is 0.239 e. The van der Waals surface area contributed by atoms with E-state index in [1.165, 1.54) is 10.3 Å². The number of aromatic nitrogens is 1. The summed E-state index contributed by atoms with van der Waals surface area (Å²) in [5.41, 5.74) is 3.41. The van der Waals surface area contributed by atoms with Crippen molar-refractivity contribution >= 4 is 32.6 Å². The van der Waals surface area contributed by atoms with Crippen molar-refractivity contribution in [3.05, 3.63) is 23.3 Å². The molecule has 1 amide bonds. The molecule has 0 radical (unpaired) electrons. The number of thiazole rings is 1. The highest BCUT2D eigenvalue weighted by Crippen LogP contribution is 2.32. The van der Waals surface area contributed by atoms with Crippen LogP contribution in [-0.4, -0.2) is 44.2 Å². The molecule has 2 aromatic rings. The maximum atomic E-state index is 12.0. The molecule has 0 fully saturated rings. The maximum absolute atomic E-state index is 12.0. The fourth-order valence-corrected chi connectivity index (χ4v) is 3.38. The van der Waals surface area contributed by atoms with Crippen LogP contribution in [-0.2, 0) is 9.53 Å². The Kier molecular flexibility index (Phi) is 5.37. The molecule has 0 aliphatic rings. The van der Waals surface area contributed by atoms with Gasteiger partial charge in [0.15, 0.2) is 5.13 Å². The summed E-state index contributed by atoms with van der Waals surface area (Å²) in [6.07, 6.45) is 0. The number of methoxy groups -OCH3 is 1. The molecule has 22 heavy (non-hydrogen) atoms. The molecule has 1 atom stereocenters. The van der Waals surface area contributed by atoms with Crippen LogP contribution in [0.3, 0.4) is 0 Å². The van der Waals surface area contributed by atoms with Crippen LogP contribution in [0.5, 0.6) is 0 Å². The van der Waals surface area contributed by atoms with Gasteiger partial charge >= 0.3 is 0 Å². The number of benzene rings is 1. The normalized spacial score (nSPS) is 12.4. The molecule has 1 aromatic heterocycles. The van der Waals surface area contributed by atoms with E-state index in [0.717, 1.165) is 16.2 Å². The van der Waals surface area contributed by atoms with E-state index in [4.69, 9.17) is 4.74 Å². The Morgan fingerprint density at radius 2 is 2.09 bits per heavy atom. The third kappa shape index (κ3) is 3.75. The van der Waals surface area contributed by atoms with E-state index in [1.807, 2.05) is 18.9 Å². The van der Waals surface area contributed by atoms with E-state index in [1.54, 1.807) is 18.4 Å². The lowest BCUT2D eigenvalue weighted by molar-refractivity contribution is -0.120. The number of nitrogens with one attached hydrogen (secondary N) is 1. The van der Waals surface area contributed by atoms with Crippen LogP contribution in [0.25, 0.3) is 10.2 Å². The van der Waals surface area contributed by atoms with Crippen molar-refractivity contribution in [3.63, 3.8) is 0 Å². The van der Waals surface area contributed by atoms with Crippen molar-refractivity contribution in [3.8, 4) is 0 Å². The molecule has 0 bridgehead atoms. The van der Waals surface area contributed by atoms with Crippen LogP contribution in [0.2, 0.25) is 0 Å². The number of aryl methyl sites for hydroxylation is 2. The zero-order valence-electron chi connectivity index (χ0n) is 13.8. The number of carbonyl (C=O) groups is 1. The molecule has 0 saturated carbocycles. The Balaban J connectivity index is 2.10. The van der Waals surface area contributed by atoms with Crippen molar-refractivity contribution < 1.29 is 9.53 Å². The lowest BCUT2D eigenvalue weighted by atomic mass is 10.1. The molecule has 1 N–H and O–H groups in total. The van der Waals surface area contributed by atoms with Crippen LogP contribution in [0.15, 0.2) is 12.1 Å². The summed E-state index contributed by atoms with van der Waals surface area (Å²) in [6, 6.07) is 4.20. The number of nitrogens with zero attached hydrogens (tertiary/aromatic N) is 2. The Morgan fingerprint density at radius 1 is 1.41 bits per heavy atom. The minimum Gasteiger partial charge on any atom is -0.383 e. The molecule has 0 spiro atoms. The summed E-state index contributed by atoms with van der Waals surface area (Å²) in [5.74, 6) is -0.0280. The van der Waals surface area contributed by atoms with Gasteiger partial charge in [0.05, 0.1) is 23.4 Å². The molecule has 1 heterocycles. The molecule has 0 aliphatic heterocycles. The molecule has 0 aliphatic carbocycles. The largest absolute Gasteiger partial charge is 0.383 e. The molecular formula is C16H23N3O2S. The second kappa shape index (κ2) is 7.07. The highest BCUT2D eigenvalue weighted by Gasteiger charge is 2.15. The first-order valence-corrected chi connectivity index (χ1v) is 8.10. The second-order valence-electron chi connectivity index (χ2n) is 5.65. The van der Waals surface area contributed by atoms with E-state index >= 15 is 0 Å². The van der Waals surface area contributed by atoms with Crippen LogP contribution >= 0.6 is 11.3 Å². The lowest BCUT2D eigenvalue weighted by Crippen LogP contribution is -2.41. The van der Waals surface area contributed by atoms with Crippen LogP contribution in [0.1, 0.15) is 18.1 Å². The molecule has 120 valence electrons. The minimum atomic E-state index is -0.0280. The van der Waals surface area contributed by atoms with Gasteiger partial charge in [-0.2, -0.15) is 0 Å². The number of anilines is 1. The van der Waals surface area contributed by atoms with Gasteiger partial charge in [0.1, 0.15) is 0 Å². The molecule has 5 nitrogen and oxygen atoms in total. The topological polar surface area (TPSA) is 54.5 Å². The third-order valence-electron chi connectivity index (χ3n) is 3.46. The van der Waals surface area contributed by atoms with Crippen molar-refractivity contribution in [2.24, 2.45) is 0 Å². The standard InChI is InChI=1S/C16H23N3O2S/c1-10-6-7-11(2)15-14(10)18-16(22-15)19(4)8-13(20)17-12(3)9-21-5/h6-7,12H,8-9H2,1-5H3,(H,17,20). The minimum absolute atomic E-state index is 0.00533. The highest BCUT2D eigenvalue weighted by molar-refractivity contribution is 7.22. The Bertz CT molecular complexity index is 630. The van der Waals surface area contributed by atoms with Gasteiger partial charge in [0.2, 0.25) is 5.91 Å². The van der Waals surface area contributed by atoms with Gasteiger partial charge in [-0.15, -0.1) is 0 Å². The molecule has 6 heteroatoms. The summed E-state index contributed by atoms with van der Waals surface area (Å²) in [5, 5.41) is 3.77. The molecule has 0 saturated heterocycles. The first-order chi connectivity index (χ1) is 10.4. The van der Waals surface area contributed by atoms with Gasteiger partial charge in [-0.05, 0) is 31.9 Å². The van der Waals surface area contributed by atoms with Crippen molar-refractivity contribution in [2.75, 3.05) is 32.2 Å². The predicted molar refractivity (Wildman–Crippen MR) is 91.8 cm³/mol. The Morgan fingerprint density at radius 3 is 2.73 bits per heavy atom. The summed E-state index contributed by atoms with van der Waals surface area (Å²) in [7, 11) is 3.52. The Labute approximate surface area is 135 Å². The number of ether oxygens (including phenoxy) is 1. The summed E-state index contributed by atoms with van der Waals surface area (Å²) >= 11 is 1.63. The van der Waals surface area contributed by atoms with E-state index in [2.05, 4.69) is 36.3 Å². The number of hydrogen-bond acceptors (Lipinski definition) is 5. The van der Waals surface area contributed by atoms with E-state index in [0.29, 0.717) is 6.61 Å². The fraction of sp³-hybridized carbons (Fsp3) is 0.500. The average molecular weight is 321 g/mol. The quantitative estimate of drug-likeness (QED) is 0.888. The first kappa shape index (κ1) is 16.7. The van der Waals surface area contributed by atoms with Crippen LogP contribution in [0.4, 0.5) is 5.13 Å². The zero-order chi connectivity index (χ0) is 16.3. The van der Waals surface area contributed by atoms with Gasteiger partial charge < -0.3 is 15.0 Å². The number of rotatable bonds is 6. The fourth-order valence-electron chi connectivity index (χ4n) is 2.31. The van der Waals surface area contributed by atoms with Crippen LogP contribution < -0.4 is 10.2 Å². The monoisotopic (exact) mass is 321 g/mol. The number of amides is 1. The second-order valence-corrected chi connectivity index (χ2v) is 6.63. The van der Waals surface area contributed by atoms with Gasteiger partial charge in [0, 0.05) is 20.2 Å². The summed E-state index contributed by atoms with van der Waals surface area (Å²) < 4.78 is 6.21. The van der Waals surface area contributed by atoms with Crippen LogP contribution in [0, 0.1) is 13.8 Å². The number of hydrogen-bond donors (Lipinski definition) is 1. The molecule has 1 unspecified atom stereocenters. The highest BCUT2D eigenvalue weighted by atomic mass is 32.1. The van der Waals surface area contributed by atoms with E-state index in [-0.39, 0.29) is 18.5 Å².